The fourth-order valence-corrected chi connectivity index (χ4v) is 3.14. The molecule has 1 aromatic carbocycles. The van der Waals surface area contributed by atoms with E-state index < -0.39 is 0 Å². The molecule has 0 unspecified atom stereocenters. The second kappa shape index (κ2) is 11.0. The lowest BCUT2D eigenvalue weighted by Crippen LogP contribution is -2.39. The number of hydrogen-bond acceptors (Lipinski definition) is 4. The Hall–Kier alpha value is -1.75. The third-order valence-corrected chi connectivity index (χ3v) is 4.59. The Balaban J connectivity index is 1.80. The Kier molecular flexibility index (Phi) is 8.60. The van der Waals surface area contributed by atoms with Crippen LogP contribution in [0.4, 0.5) is 0 Å². The Morgan fingerprint density at radius 1 is 1.20 bits per heavy atom. The predicted molar refractivity (Wildman–Crippen MR) is 100 cm³/mol. The van der Waals surface area contributed by atoms with E-state index in [1.54, 1.807) is 7.11 Å². The van der Waals surface area contributed by atoms with Crippen LogP contribution in [0, 0.1) is 0 Å². The zero-order valence-electron chi connectivity index (χ0n) is 15.6. The number of benzene rings is 1. The summed E-state index contributed by atoms with van der Waals surface area (Å²) in [5, 5.41) is 6.47. The molecule has 5 nitrogen and oxygen atoms in total. The van der Waals surface area contributed by atoms with Crippen molar-refractivity contribution in [2.45, 2.75) is 64.5 Å². The summed E-state index contributed by atoms with van der Waals surface area (Å²) in [7, 11) is 1.62. The minimum Gasteiger partial charge on any atom is -0.493 e. The van der Waals surface area contributed by atoms with Crippen LogP contribution >= 0.6 is 0 Å². The molecule has 1 amide bonds. The summed E-state index contributed by atoms with van der Waals surface area (Å²) in [5.41, 5.74) is 1.15. The van der Waals surface area contributed by atoms with Crippen LogP contribution in [-0.4, -0.2) is 32.2 Å². The highest BCUT2D eigenvalue weighted by molar-refractivity contribution is 5.78. The van der Waals surface area contributed by atoms with Gasteiger partial charge in [-0.1, -0.05) is 38.7 Å². The average Bonchev–Trinajstić information content (AvgIpc) is 2.64. The SMILES string of the molecule is CCCCNCc1ccc(OCC(=O)NC2CCCCC2)c(OC)c1. The first-order valence-corrected chi connectivity index (χ1v) is 9.52. The van der Waals surface area contributed by atoms with Gasteiger partial charge in [0, 0.05) is 12.6 Å². The van der Waals surface area contributed by atoms with Crippen molar-refractivity contribution < 1.29 is 14.3 Å². The largest absolute Gasteiger partial charge is 0.493 e. The molecule has 1 aliphatic carbocycles. The van der Waals surface area contributed by atoms with Crippen molar-refractivity contribution in [2.24, 2.45) is 0 Å². The van der Waals surface area contributed by atoms with Gasteiger partial charge in [0.1, 0.15) is 0 Å². The van der Waals surface area contributed by atoms with E-state index in [-0.39, 0.29) is 12.5 Å². The van der Waals surface area contributed by atoms with Gasteiger partial charge in [-0.25, -0.2) is 0 Å². The maximum Gasteiger partial charge on any atom is 0.258 e. The molecule has 1 aromatic rings. The Bertz CT molecular complexity index is 528. The molecule has 0 radical (unpaired) electrons. The number of methoxy groups -OCH3 is 1. The van der Waals surface area contributed by atoms with Gasteiger partial charge in [-0.05, 0) is 43.5 Å². The van der Waals surface area contributed by atoms with E-state index >= 15 is 0 Å². The number of amides is 1. The summed E-state index contributed by atoms with van der Waals surface area (Å²) in [6.07, 6.45) is 8.20. The minimum absolute atomic E-state index is 0.0287. The van der Waals surface area contributed by atoms with Gasteiger partial charge >= 0.3 is 0 Å². The highest BCUT2D eigenvalue weighted by atomic mass is 16.5. The molecule has 0 aliphatic heterocycles. The highest BCUT2D eigenvalue weighted by Crippen LogP contribution is 2.28. The molecule has 0 bridgehead atoms. The topological polar surface area (TPSA) is 59.6 Å². The normalized spacial score (nSPS) is 15.0. The van der Waals surface area contributed by atoms with Gasteiger partial charge in [-0.15, -0.1) is 0 Å². The third kappa shape index (κ3) is 6.94. The van der Waals surface area contributed by atoms with Crippen LogP contribution in [0.3, 0.4) is 0 Å². The molecular weight excluding hydrogens is 316 g/mol. The first-order valence-electron chi connectivity index (χ1n) is 9.52. The summed E-state index contributed by atoms with van der Waals surface area (Å²) in [6.45, 7) is 4.03. The fourth-order valence-electron chi connectivity index (χ4n) is 3.14. The van der Waals surface area contributed by atoms with Gasteiger partial charge in [0.15, 0.2) is 18.1 Å². The Labute approximate surface area is 151 Å². The van der Waals surface area contributed by atoms with Crippen molar-refractivity contribution in [1.29, 1.82) is 0 Å². The minimum atomic E-state index is -0.0562. The first kappa shape index (κ1) is 19.6. The highest BCUT2D eigenvalue weighted by Gasteiger charge is 2.16. The average molecular weight is 348 g/mol. The van der Waals surface area contributed by atoms with E-state index in [1.807, 2.05) is 18.2 Å². The molecule has 0 heterocycles. The molecule has 2 N–H and O–H groups in total. The number of nitrogens with one attached hydrogen (secondary N) is 2. The lowest BCUT2D eigenvalue weighted by molar-refractivity contribution is -0.124. The van der Waals surface area contributed by atoms with Crippen LogP contribution in [0.1, 0.15) is 57.4 Å². The van der Waals surface area contributed by atoms with Crippen LogP contribution < -0.4 is 20.1 Å². The van der Waals surface area contributed by atoms with Crippen molar-refractivity contribution in [3.63, 3.8) is 0 Å². The third-order valence-electron chi connectivity index (χ3n) is 4.59. The molecule has 1 saturated carbocycles. The van der Waals surface area contributed by atoms with Gasteiger partial charge in [0.05, 0.1) is 7.11 Å². The van der Waals surface area contributed by atoms with Gasteiger partial charge in [-0.2, -0.15) is 0 Å². The fraction of sp³-hybridized carbons (Fsp3) is 0.650. The van der Waals surface area contributed by atoms with Gasteiger partial charge in [-0.3, -0.25) is 4.79 Å². The molecule has 0 spiro atoms. The van der Waals surface area contributed by atoms with Gasteiger partial charge in [0.2, 0.25) is 0 Å². The first-order chi connectivity index (χ1) is 12.2. The summed E-state index contributed by atoms with van der Waals surface area (Å²) in [6, 6.07) is 6.16. The maximum absolute atomic E-state index is 12.1. The summed E-state index contributed by atoms with van der Waals surface area (Å²) in [5.74, 6) is 1.22. The van der Waals surface area contributed by atoms with E-state index in [0.717, 1.165) is 31.5 Å². The predicted octanol–water partition coefficient (Wildman–Crippen LogP) is 3.41. The molecule has 25 heavy (non-hydrogen) atoms. The number of hydrogen-bond donors (Lipinski definition) is 2. The molecular formula is C20H32N2O3. The van der Waals surface area contributed by atoms with Crippen molar-refractivity contribution in [3.8, 4) is 11.5 Å². The monoisotopic (exact) mass is 348 g/mol. The van der Waals surface area contributed by atoms with Crippen LogP contribution in [0.15, 0.2) is 18.2 Å². The molecule has 1 fully saturated rings. The number of rotatable bonds is 10. The van der Waals surface area contributed by atoms with Gasteiger partial charge in [0.25, 0.3) is 5.91 Å². The summed E-state index contributed by atoms with van der Waals surface area (Å²) >= 11 is 0. The van der Waals surface area contributed by atoms with Crippen molar-refractivity contribution in [3.05, 3.63) is 23.8 Å². The standard InChI is InChI=1S/C20H32N2O3/c1-3-4-12-21-14-16-10-11-18(19(13-16)24-2)25-15-20(23)22-17-8-6-5-7-9-17/h10-11,13,17,21H,3-9,12,14-15H2,1-2H3,(H,22,23). The number of ether oxygens (including phenoxy) is 2. The second-order valence-corrected chi connectivity index (χ2v) is 6.71. The van der Waals surface area contributed by atoms with E-state index in [9.17, 15) is 4.79 Å². The number of carbonyl (C=O) groups excluding carboxylic acids is 1. The van der Waals surface area contributed by atoms with E-state index in [1.165, 1.54) is 32.1 Å². The molecule has 1 aliphatic rings. The van der Waals surface area contributed by atoms with Crippen LogP contribution in [0.5, 0.6) is 11.5 Å². The molecule has 2 rings (SSSR count). The van der Waals surface area contributed by atoms with Crippen molar-refractivity contribution >= 4 is 5.91 Å². The zero-order valence-corrected chi connectivity index (χ0v) is 15.6. The number of carbonyl (C=O) groups is 1. The molecule has 0 aromatic heterocycles. The van der Waals surface area contributed by atoms with E-state index in [2.05, 4.69) is 17.6 Å². The van der Waals surface area contributed by atoms with Crippen LogP contribution in [0.25, 0.3) is 0 Å². The van der Waals surface area contributed by atoms with Crippen molar-refractivity contribution in [1.82, 2.24) is 10.6 Å². The number of unbranched alkanes of at least 4 members (excludes halogenated alkanes) is 1. The molecule has 0 atom stereocenters. The molecule has 140 valence electrons. The maximum atomic E-state index is 12.1. The van der Waals surface area contributed by atoms with Crippen molar-refractivity contribution in [2.75, 3.05) is 20.3 Å². The van der Waals surface area contributed by atoms with Crippen LogP contribution in [0.2, 0.25) is 0 Å². The van der Waals surface area contributed by atoms with Crippen LogP contribution in [-0.2, 0) is 11.3 Å². The summed E-state index contributed by atoms with van der Waals surface area (Å²) < 4.78 is 11.1. The summed E-state index contributed by atoms with van der Waals surface area (Å²) in [4.78, 5) is 12.1. The Morgan fingerprint density at radius 3 is 2.72 bits per heavy atom. The van der Waals surface area contributed by atoms with Gasteiger partial charge < -0.3 is 20.1 Å². The molecule has 0 saturated heterocycles. The second-order valence-electron chi connectivity index (χ2n) is 6.71. The lowest BCUT2D eigenvalue weighted by Gasteiger charge is -2.22. The zero-order chi connectivity index (χ0) is 17.9. The molecule has 5 heteroatoms. The van der Waals surface area contributed by atoms with E-state index in [0.29, 0.717) is 17.5 Å². The quantitative estimate of drug-likeness (QED) is 0.636. The lowest BCUT2D eigenvalue weighted by atomic mass is 9.95. The Morgan fingerprint density at radius 2 is 2.00 bits per heavy atom. The van der Waals surface area contributed by atoms with E-state index in [4.69, 9.17) is 9.47 Å². The smallest absolute Gasteiger partial charge is 0.258 e.